The molecule has 0 spiro atoms. The van der Waals surface area contributed by atoms with Crippen molar-refractivity contribution in [3.05, 3.63) is 0 Å². The number of nitrogens with zero attached hydrogens (tertiary/aromatic N) is 1. The van der Waals surface area contributed by atoms with Crippen molar-refractivity contribution in [1.82, 2.24) is 4.90 Å². The van der Waals surface area contributed by atoms with Crippen LogP contribution in [0.15, 0.2) is 0 Å². The van der Waals surface area contributed by atoms with Crippen LogP contribution in [0.25, 0.3) is 0 Å². The summed E-state index contributed by atoms with van der Waals surface area (Å²) >= 11 is 0. The van der Waals surface area contributed by atoms with Crippen molar-refractivity contribution in [3.8, 4) is 0 Å². The first kappa shape index (κ1) is 11.0. The SMILES string of the molecule is CCC(CC)N(C)C1CCCCC1. The molecular weight excluding hydrogens is 158 g/mol. The van der Waals surface area contributed by atoms with Crippen LogP contribution in [0.1, 0.15) is 58.8 Å². The van der Waals surface area contributed by atoms with Gasteiger partial charge in [0, 0.05) is 12.1 Å². The van der Waals surface area contributed by atoms with Crippen molar-refractivity contribution >= 4 is 0 Å². The van der Waals surface area contributed by atoms with Crippen LogP contribution in [-0.2, 0) is 0 Å². The fourth-order valence-corrected chi connectivity index (χ4v) is 2.65. The smallest absolute Gasteiger partial charge is 0.00951 e. The summed E-state index contributed by atoms with van der Waals surface area (Å²) in [4.78, 5) is 2.64. The van der Waals surface area contributed by atoms with E-state index in [2.05, 4.69) is 25.8 Å². The van der Waals surface area contributed by atoms with E-state index in [9.17, 15) is 0 Å². The molecule has 0 unspecified atom stereocenters. The molecule has 0 aromatic carbocycles. The number of hydrogen-bond acceptors (Lipinski definition) is 1. The molecule has 0 aromatic heterocycles. The van der Waals surface area contributed by atoms with Gasteiger partial charge in [0.15, 0.2) is 0 Å². The van der Waals surface area contributed by atoms with E-state index < -0.39 is 0 Å². The van der Waals surface area contributed by atoms with Gasteiger partial charge in [0.1, 0.15) is 0 Å². The van der Waals surface area contributed by atoms with Crippen LogP contribution < -0.4 is 0 Å². The Kier molecular flexibility index (Phi) is 4.79. The third-order valence-corrected chi connectivity index (χ3v) is 3.67. The van der Waals surface area contributed by atoms with Crippen molar-refractivity contribution in [2.75, 3.05) is 7.05 Å². The van der Waals surface area contributed by atoms with Gasteiger partial charge < -0.3 is 4.90 Å². The van der Waals surface area contributed by atoms with Gasteiger partial charge >= 0.3 is 0 Å². The highest BCUT2D eigenvalue weighted by Gasteiger charge is 2.21. The molecule has 1 fully saturated rings. The maximum absolute atomic E-state index is 2.64. The minimum Gasteiger partial charge on any atom is -0.300 e. The lowest BCUT2D eigenvalue weighted by atomic mass is 9.93. The molecule has 0 bridgehead atoms. The van der Waals surface area contributed by atoms with Gasteiger partial charge in [-0.05, 0) is 32.7 Å². The topological polar surface area (TPSA) is 3.24 Å². The maximum atomic E-state index is 2.64. The average Bonchev–Trinajstić information content (AvgIpc) is 2.21. The summed E-state index contributed by atoms with van der Waals surface area (Å²) in [5.74, 6) is 0. The number of hydrogen-bond donors (Lipinski definition) is 0. The van der Waals surface area contributed by atoms with Gasteiger partial charge in [0.2, 0.25) is 0 Å². The summed E-state index contributed by atoms with van der Waals surface area (Å²) in [7, 11) is 2.33. The first-order valence-electron chi connectivity index (χ1n) is 6.01. The van der Waals surface area contributed by atoms with Crippen LogP contribution >= 0.6 is 0 Å². The molecule has 0 atom stereocenters. The molecule has 1 rings (SSSR count). The monoisotopic (exact) mass is 183 g/mol. The summed E-state index contributed by atoms with van der Waals surface area (Å²) in [6.07, 6.45) is 9.87. The predicted octanol–water partition coefficient (Wildman–Crippen LogP) is 3.44. The molecule has 78 valence electrons. The van der Waals surface area contributed by atoms with Crippen molar-refractivity contribution in [1.29, 1.82) is 0 Å². The minimum absolute atomic E-state index is 0.822. The van der Waals surface area contributed by atoms with Gasteiger partial charge in [-0.1, -0.05) is 33.1 Å². The van der Waals surface area contributed by atoms with E-state index in [1.807, 2.05) is 0 Å². The van der Waals surface area contributed by atoms with Gasteiger partial charge in [-0.2, -0.15) is 0 Å². The highest BCUT2D eigenvalue weighted by Crippen LogP contribution is 2.24. The Morgan fingerprint density at radius 3 is 2.08 bits per heavy atom. The van der Waals surface area contributed by atoms with E-state index in [1.165, 1.54) is 44.9 Å². The molecular formula is C12H25N. The quantitative estimate of drug-likeness (QED) is 0.645. The largest absolute Gasteiger partial charge is 0.300 e. The van der Waals surface area contributed by atoms with E-state index in [4.69, 9.17) is 0 Å². The van der Waals surface area contributed by atoms with E-state index in [0.29, 0.717) is 0 Å². The van der Waals surface area contributed by atoms with Gasteiger partial charge in [-0.25, -0.2) is 0 Å². The van der Waals surface area contributed by atoms with Crippen LogP contribution in [-0.4, -0.2) is 24.0 Å². The molecule has 13 heavy (non-hydrogen) atoms. The standard InChI is InChI=1S/C12H25N/c1-4-11(5-2)13(3)12-9-7-6-8-10-12/h11-12H,4-10H2,1-3H3. The lowest BCUT2D eigenvalue weighted by molar-refractivity contribution is 0.130. The molecule has 1 aliphatic carbocycles. The Hall–Kier alpha value is -0.0400. The van der Waals surface area contributed by atoms with Crippen LogP contribution in [0.3, 0.4) is 0 Å². The summed E-state index contributed by atoms with van der Waals surface area (Å²) in [6.45, 7) is 4.63. The van der Waals surface area contributed by atoms with Crippen LogP contribution in [0.5, 0.6) is 0 Å². The predicted molar refractivity (Wildman–Crippen MR) is 59.0 cm³/mol. The summed E-state index contributed by atoms with van der Waals surface area (Å²) < 4.78 is 0. The zero-order valence-electron chi connectivity index (χ0n) is 9.55. The first-order chi connectivity index (χ1) is 6.29. The fraction of sp³-hybridized carbons (Fsp3) is 1.00. The molecule has 0 saturated heterocycles. The highest BCUT2D eigenvalue weighted by molar-refractivity contribution is 4.77. The molecule has 0 heterocycles. The Labute approximate surface area is 83.5 Å². The zero-order chi connectivity index (χ0) is 9.68. The molecule has 1 saturated carbocycles. The summed E-state index contributed by atoms with van der Waals surface area (Å²) in [6, 6.07) is 1.71. The van der Waals surface area contributed by atoms with Gasteiger partial charge in [0.25, 0.3) is 0 Å². The molecule has 1 heteroatoms. The summed E-state index contributed by atoms with van der Waals surface area (Å²) in [5.41, 5.74) is 0. The number of rotatable bonds is 4. The molecule has 0 N–H and O–H groups in total. The normalized spacial score (nSPS) is 20.1. The second-order valence-electron chi connectivity index (χ2n) is 4.43. The van der Waals surface area contributed by atoms with E-state index in [-0.39, 0.29) is 0 Å². The third kappa shape index (κ3) is 2.98. The highest BCUT2D eigenvalue weighted by atomic mass is 15.2. The Morgan fingerprint density at radius 1 is 1.08 bits per heavy atom. The van der Waals surface area contributed by atoms with Crippen molar-refractivity contribution in [3.63, 3.8) is 0 Å². The van der Waals surface area contributed by atoms with Crippen LogP contribution in [0.2, 0.25) is 0 Å². The molecule has 1 nitrogen and oxygen atoms in total. The second-order valence-corrected chi connectivity index (χ2v) is 4.43. The fourth-order valence-electron chi connectivity index (χ4n) is 2.65. The van der Waals surface area contributed by atoms with E-state index in [1.54, 1.807) is 0 Å². The second kappa shape index (κ2) is 5.64. The molecule has 0 aliphatic heterocycles. The van der Waals surface area contributed by atoms with E-state index >= 15 is 0 Å². The molecule has 0 aromatic rings. The van der Waals surface area contributed by atoms with Crippen LogP contribution in [0.4, 0.5) is 0 Å². The lowest BCUT2D eigenvalue weighted by Crippen LogP contribution is -2.40. The average molecular weight is 183 g/mol. The van der Waals surface area contributed by atoms with Crippen molar-refractivity contribution < 1.29 is 0 Å². The van der Waals surface area contributed by atoms with Crippen molar-refractivity contribution in [2.45, 2.75) is 70.9 Å². The molecule has 0 radical (unpaired) electrons. The van der Waals surface area contributed by atoms with Gasteiger partial charge in [-0.15, -0.1) is 0 Å². The lowest BCUT2D eigenvalue weighted by Gasteiger charge is -2.36. The Morgan fingerprint density at radius 2 is 1.62 bits per heavy atom. The van der Waals surface area contributed by atoms with Crippen molar-refractivity contribution in [2.24, 2.45) is 0 Å². The van der Waals surface area contributed by atoms with Gasteiger partial charge in [0.05, 0.1) is 0 Å². The maximum Gasteiger partial charge on any atom is 0.00951 e. The van der Waals surface area contributed by atoms with Gasteiger partial charge in [-0.3, -0.25) is 0 Å². The third-order valence-electron chi connectivity index (χ3n) is 3.67. The van der Waals surface area contributed by atoms with Crippen LogP contribution in [0, 0.1) is 0 Å². The molecule has 0 amide bonds. The minimum atomic E-state index is 0.822. The first-order valence-corrected chi connectivity index (χ1v) is 6.01. The Bertz CT molecular complexity index is 123. The summed E-state index contributed by atoms with van der Waals surface area (Å²) in [5, 5.41) is 0. The zero-order valence-corrected chi connectivity index (χ0v) is 9.55. The molecule has 1 aliphatic rings. The van der Waals surface area contributed by atoms with E-state index in [0.717, 1.165) is 12.1 Å². The Balaban J connectivity index is 2.38.